The lowest BCUT2D eigenvalue weighted by Gasteiger charge is -2.21. The number of carbonyl (C=O) groups is 2. The Bertz CT molecular complexity index is 675. The number of aromatic carboxylic acids is 1. The van der Waals surface area contributed by atoms with Gasteiger partial charge in [-0.25, -0.2) is 17.5 Å². The lowest BCUT2D eigenvalue weighted by atomic mass is 10.2. The van der Waals surface area contributed by atoms with E-state index < -0.39 is 27.7 Å². The van der Waals surface area contributed by atoms with E-state index in [9.17, 15) is 18.0 Å². The molecular formula is C14H22N2O6S. The average molecular weight is 346 g/mol. The fraction of sp³-hybridized carbons (Fsp3) is 0.571. The number of hydrogen-bond acceptors (Lipinski definition) is 5. The molecular weight excluding hydrogens is 324 g/mol. The normalized spacial score (nSPS) is 11.7. The standard InChI is InChI=1S/C14H22N2O6S/c1-5-16(6-2)23(20,21)9-13(17)15(4)8-11-7-12(14(18)19)10(3)22-11/h7H,5-6,8-9H2,1-4H3,(H,18,19). The van der Waals surface area contributed by atoms with Crippen molar-refractivity contribution in [1.29, 1.82) is 0 Å². The number of hydrogen-bond donors (Lipinski definition) is 1. The Morgan fingerprint density at radius 3 is 2.26 bits per heavy atom. The molecule has 1 rings (SSSR count). The molecule has 0 fully saturated rings. The van der Waals surface area contributed by atoms with E-state index >= 15 is 0 Å². The van der Waals surface area contributed by atoms with Crippen LogP contribution in [0, 0.1) is 6.92 Å². The van der Waals surface area contributed by atoms with Crippen molar-refractivity contribution in [1.82, 2.24) is 9.21 Å². The van der Waals surface area contributed by atoms with Crippen molar-refractivity contribution in [2.24, 2.45) is 0 Å². The van der Waals surface area contributed by atoms with Gasteiger partial charge in [-0.15, -0.1) is 0 Å². The smallest absolute Gasteiger partial charge is 0.339 e. The van der Waals surface area contributed by atoms with Gasteiger partial charge in [-0.2, -0.15) is 0 Å². The molecule has 8 nitrogen and oxygen atoms in total. The molecule has 0 bridgehead atoms. The van der Waals surface area contributed by atoms with E-state index in [2.05, 4.69) is 0 Å². The molecule has 0 aliphatic rings. The summed E-state index contributed by atoms with van der Waals surface area (Å²) in [6, 6.07) is 1.33. The molecule has 1 aromatic heterocycles. The fourth-order valence-electron chi connectivity index (χ4n) is 2.13. The predicted molar refractivity (Wildman–Crippen MR) is 83.6 cm³/mol. The number of carbonyl (C=O) groups excluding carboxylic acids is 1. The molecule has 1 N–H and O–H groups in total. The molecule has 1 heterocycles. The van der Waals surface area contributed by atoms with Gasteiger partial charge in [0.2, 0.25) is 15.9 Å². The molecule has 0 aliphatic carbocycles. The van der Waals surface area contributed by atoms with Crippen molar-refractivity contribution in [3.05, 3.63) is 23.2 Å². The third-order valence-electron chi connectivity index (χ3n) is 3.42. The van der Waals surface area contributed by atoms with Crippen molar-refractivity contribution in [2.45, 2.75) is 27.3 Å². The van der Waals surface area contributed by atoms with Crippen LogP contribution in [-0.2, 0) is 21.4 Å². The second kappa shape index (κ2) is 7.60. The highest BCUT2D eigenvalue weighted by molar-refractivity contribution is 7.89. The van der Waals surface area contributed by atoms with Crippen molar-refractivity contribution >= 4 is 21.9 Å². The second-order valence-electron chi connectivity index (χ2n) is 5.08. The number of carboxylic acids is 1. The lowest BCUT2D eigenvalue weighted by molar-refractivity contribution is -0.127. The highest BCUT2D eigenvalue weighted by atomic mass is 32.2. The van der Waals surface area contributed by atoms with Gasteiger partial charge in [-0.3, -0.25) is 4.79 Å². The topological polar surface area (TPSA) is 108 Å². The molecule has 0 saturated heterocycles. The lowest BCUT2D eigenvalue weighted by Crippen LogP contribution is -2.39. The maximum Gasteiger partial charge on any atom is 0.339 e. The van der Waals surface area contributed by atoms with Crippen LogP contribution in [0.4, 0.5) is 0 Å². The molecule has 0 unspecified atom stereocenters. The summed E-state index contributed by atoms with van der Waals surface area (Å²) in [5.41, 5.74) is 0.0246. The number of furan rings is 1. The Kier molecular flexibility index (Phi) is 6.34. The minimum Gasteiger partial charge on any atom is -0.478 e. The van der Waals surface area contributed by atoms with E-state index in [-0.39, 0.29) is 23.6 Å². The van der Waals surface area contributed by atoms with Gasteiger partial charge >= 0.3 is 5.97 Å². The summed E-state index contributed by atoms with van der Waals surface area (Å²) in [5.74, 6) is -1.80. The van der Waals surface area contributed by atoms with Crippen LogP contribution in [0.3, 0.4) is 0 Å². The van der Waals surface area contributed by atoms with Crippen LogP contribution in [0.25, 0.3) is 0 Å². The van der Waals surface area contributed by atoms with E-state index in [0.717, 1.165) is 0 Å². The molecule has 130 valence electrons. The van der Waals surface area contributed by atoms with Crippen LogP contribution in [-0.4, -0.2) is 60.5 Å². The van der Waals surface area contributed by atoms with Gasteiger partial charge in [-0.1, -0.05) is 13.8 Å². The molecule has 1 aromatic rings. The molecule has 0 saturated carbocycles. The number of sulfonamides is 1. The molecule has 23 heavy (non-hydrogen) atoms. The van der Waals surface area contributed by atoms with Crippen LogP contribution in [0.2, 0.25) is 0 Å². The van der Waals surface area contributed by atoms with Crippen LogP contribution in [0.1, 0.15) is 35.7 Å². The first-order valence-electron chi connectivity index (χ1n) is 7.16. The zero-order valence-corrected chi connectivity index (χ0v) is 14.5. The van der Waals surface area contributed by atoms with Crippen molar-refractivity contribution in [2.75, 3.05) is 25.9 Å². The van der Waals surface area contributed by atoms with E-state index in [1.54, 1.807) is 13.8 Å². The maximum absolute atomic E-state index is 12.1. The van der Waals surface area contributed by atoms with Gasteiger partial charge in [0.25, 0.3) is 0 Å². The van der Waals surface area contributed by atoms with Crippen molar-refractivity contribution in [3.63, 3.8) is 0 Å². The van der Waals surface area contributed by atoms with Gasteiger partial charge in [0, 0.05) is 20.1 Å². The number of amides is 1. The van der Waals surface area contributed by atoms with Gasteiger partial charge in [0.05, 0.1) is 6.54 Å². The summed E-state index contributed by atoms with van der Waals surface area (Å²) >= 11 is 0. The molecule has 0 atom stereocenters. The van der Waals surface area contributed by atoms with E-state index in [4.69, 9.17) is 9.52 Å². The predicted octanol–water partition coefficient (Wildman–Crippen LogP) is 0.916. The summed E-state index contributed by atoms with van der Waals surface area (Å²) in [6.45, 7) is 5.52. The van der Waals surface area contributed by atoms with Gasteiger partial charge in [0.15, 0.2) is 0 Å². The Morgan fingerprint density at radius 1 is 1.26 bits per heavy atom. The largest absolute Gasteiger partial charge is 0.478 e. The molecule has 0 aromatic carbocycles. The summed E-state index contributed by atoms with van der Waals surface area (Å²) in [6.07, 6.45) is 0. The molecule has 9 heteroatoms. The summed E-state index contributed by atoms with van der Waals surface area (Å²) < 4.78 is 30.7. The van der Waals surface area contributed by atoms with Gasteiger partial charge in [-0.05, 0) is 13.0 Å². The zero-order valence-electron chi connectivity index (χ0n) is 13.7. The Hall–Kier alpha value is -1.87. The first kappa shape index (κ1) is 19.2. The number of carboxylic acid groups (broad SMARTS) is 1. The highest BCUT2D eigenvalue weighted by Crippen LogP contribution is 2.16. The van der Waals surface area contributed by atoms with Crippen molar-refractivity contribution < 1.29 is 27.5 Å². The Labute approximate surface area is 135 Å². The fourth-order valence-corrected chi connectivity index (χ4v) is 3.63. The molecule has 0 radical (unpaired) electrons. The summed E-state index contributed by atoms with van der Waals surface area (Å²) in [5, 5.41) is 8.97. The van der Waals surface area contributed by atoms with Gasteiger partial charge in [0.1, 0.15) is 22.8 Å². The quantitative estimate of drug-likeness (QED) is 0.750. The number of nitrogens with zero attached hydrogens (tertiary/aromatic N) is 2. The first-order chi connectivity index (χ1) is 10.6. The second-order valence-corrected chi connectivity index (χ2v) is 7.05. The van der Waals surface area contributed by atoms with Crippen LogP contribution >= 0.6 is 0 Å². The average Bonchev–Trinajstić information content (AvgIpc) is 2.80. The minimum absolute atomic E-state index is 0.000718. The Morgan fingerprint density at radius 2 is 1.83 bits per heavy atom. The van der Waals surface area contributed by atoms with E-state index in [1.807, 2.05) is 0 Å². The third kappa shape index (κ3) is 4.80. The van der Waals surface area contributed by atoms with Crippen LogP contribution in [0.15, 0.2) is 10.5 Å². The Balaban J connectivity index is 2.78. The highest BCUT2D eigenvalue weighted by Gasteiger charge is 2.25. The van der Waals surface area contributed by atoms with Crippen LogP contribution in [0.5, 0.6) is 0 Å². The van der Waals surface area contributed by atoms with Crippen LogP contribution < -0.4 is 0 Å². The first-order valence-corrected chi connectivity index (χ1v) is 8.77. The summed E-state index contributed by atoms with van der Waals surface area (Å²) in [7, 11) is -2.22. The molecule has 0 spiro atoms. The van der Waals surface area contributed by atoms with Crippen molar-refractivity contribution in [3.8, 4) is 0 Å². The maximum atomic E-state index is 12.1. The summed E-state index contributed by atoms with van der Waals surface area (Å²) in [4.78, 5) is 24.2. The number of aryl methyl sites for hydroxylation is 1. The monoisotopic (exact) mass is 346 g/mol. The zero-order chi connectivity index (χ0) is 17.8. The number of rotatable bonds is 8. The van der Waals surface area contributed by atoms with Gasteiger partial charge < -0.3 is 14.4 Å². The molecule has 0 aliphatic heterocycles. The molecule has 1 amide bonds. The minimum atomic E-state index is -3.66. The third-order valence-corrected chi connectivity index (χ3v) is 5.34. The van der Waals surface area contributed by atoms with E-state index in [1.165, 1.54) is 29.2 Å². The SMILES string of the molecule is CCN(CC)S(=O)(=O)CC(=O)N(C)Cc1cc(C(=O)O)c(C)o1. The van der Waals surface area contributed by atoms with E-state index in [0.29, 0.717) is 13.1 Å².